The fourth-order valence-corrected chi connectivity index (χ4v) is 7.02. The van der Waals surface area contributed by atoms with Crippen molar-refractivity contribution < 1.29 is 29.0 Å². The van der Waals surface area contributed by atoms with E-state index in [1.165, 1.54) is 0 Å². The van der Waals surface area contributed by atoms with Gasteiger partial charge in [-0.1, -0.05) is 75.4 Å². The minimum absolute atomic E-state index is 0.177. The van der Waals surface area contributed by atoms with E-state index in [0.717, 1.165) is 12.0 Å². The van der Waals surface area contributed by atoms with E-state index in [0.29, 0.717) is 32.4 Å². The molecule has 0 aromatic heterocycles. The third-order valence-corrected chi connectivity index (χ3v) is 8.72. The van der Waals surface area contributed by atoms with E-state index in [9.17, 15) is 19.5 Å². The van der Waals surface area contributed by atoms with Crippen molar-refractivity contribution in [2.24, 2.45) is 17.8 Å². The zero-order chi connectivity index (χ0) is 27.8. The van der Waals surface area contributed by atoms with Crippen molar-refractivity contribution >= 4 is 17.8 Å². The van der Waals surface area contributed by atoms with E-state index in [1.54, 1.807) is 9.80 Å². The van der Waals surface area contributed by atoms with Crippen LogP contribution in [0, 0.1) is 17.8 Å². The molecule has 8 nitrogen and oxygen atoms in total. The molecule has 2 saturated heterocycles. The van der Waals surface area contributed by atoms with E-state index in [-0.39, 0.29) is 30.9 Å². The molecule has 39 heavy (non-hydrogen) atoms. The molecule has 0 aliphatic carbocycles. The topological polar surface area (TPSA) is 96.4 Å². The summed E-state index contributed by atoms with van der Waals surface area (Å²) in [5.74, 6) is -2.68. The maximum Gasteiger partial charge on any atom is 0.313 e. The number of cyclic esters (lactones) is 1. The first-order valence-electron chi connectivity index (χ1n) is 14.3. The summed E-state index contributed by atoms with van der Waals surface area (Å²) >= 11 is 0. The summed E-state index contributed by atoms with van der Waals surface area (Å²) in [5, 5.41) is 10.5. The van der Waals surface area contributed by atoms with Crippen molar-refractivity contribution in [3.8, 4) is 0 Å². The van der Waals surface area contributed by atoms with Crippen LogP contribution in [0.2, 0.25) is 0 Å². The molecule has 1 unspecified atom stereocenters. The third kappa shape index (κ3) is 4.61. The number of fused-ring (bicyclic) bond motifs is 2. The van der Waals surface area contributed by atoms with Crippen LogP contribution >= 0.6 is 0 Å². The number of ether oxygens (including phenoxy) is 2. The van der Waals surface area contributed by atoms with Crippen molar-refractivity contribution in [2.75, 3.05) is 19.8 Å². The molecule has 8 heteroatoms. The first-order valence-corrected chi connectivity index (χ1v) is 14.3. The van der Waals surface area contributed by atoms with E-state index in [4.69, 9.17) is 9.47 Å². The second-order valence-electron chi connectivity index (χ2n) is 11.7. The molecule has 1 aromatic carbocycles. The molecule has 0 bridgehead atoms. The van der Waals surface area contributed by atoms with Crippen LogP contribution in [-0.4, -0.2) is 75.7 Å². The molecule has 0 radical (unpaired) electrons. The molecule has 1 N–H and O–H groups in total. The van der Waals surface area contributed by atoms with Crippen LogP contribution in [0.25, 0.3) is 0 Å². The Hall–Kier alpha value is -2.97. The van der Waals surface area contributed by atoms with Gasteiger partial charge in [0.2, 0.25) is 11.8 Å². The Bertz CT molecular complexity index is 1150. The molecule has 2 fully saturated rings. The monoisotopic (exact) mass is 536 g/mol. The highest BCUT2D eigenvalue weighted by atomic mass is 16.6. The number of carbonyl (C=O) groups excluding carboxylic acids is 3. The lowest BCUT2D eigenvalue weighted by Crippen LogP contribution is -2.59. The molecule has 4 aliphatic heterocycles. The number of rotatable bonds is 7. The van der Waals surface area contributed by atoms with Gasteiger partial charge in [-0.3, -0.25) is 14.4 Å². The first kappa shape index (κ1) is 27.6. The maximum atomic E-state index is 14.5. The number of benzene rings is 1. The van der Waals surface area contributed by atoms with Gasteiger partial charge in [0.15, 0.2) is 0 Å². The fourth-order valence-electron chi connectivity index (χ4n) is 7.02. The lowest BCUT2D eigenvalue weighted by Gasteiger charge is -2.41. The van der Waals surface area contributed by atoms with Gasteiger partial charge >= 0.3 is 5.97 Å². The number of allylic oxidation sites excluding steroid dienone is 1. The molecule has 1 aromatic rings. The van der Waals surface area contributed by atoms with Gasteiger partial charge in [-0.25, -0.2) is 0 Å². The summed E-state index contributed by atoms with van der Waals surface area (Å²) in [6, 6.07) is 8.15. The summed E-state index contributed by atoms with van der Waals surface area (Å²) in [4.78, 5) is 45.9. The predicted molar refractivity (Wildman–Crippen MR) is 145 cm³/mol. The van der Waals surface area contributed by atoms with Crippen molar-refractivity contribution in [3.05, 3.63) is 60.2 Å². The maximum absolute atomic E-state index is 14.5. The van der Waals surface area contributed by atoms with E-state index in [1.807, 2.05) is 75.4 Å². The standard InChI is InChI=1S/C31H40N2O6/c1-4-30-14-9-6-10-17-38-29(37)25(30)24-27(35)33(23(20-34)18-21(2)3)26-28(36)32(16-11-15-31(24,26)39-30)19-22-12-7-5-8-13-22/h5,7-9,11-15,21,23-26,34H,4,6,10,16-20H2,1-3H3/b14-9-/t23-,24+,25-,26?,30+,31+/m1/s1. The van der Waals surface area contributed by atoms with Crippen LogP contribution in [0.4, 0.5) is 0 Å². The highest BCUT2D eigenvalue weighted by Gasteiger charge is 2.75. The van der Waals surface area contributed by atoms with Gasteiger partial charge in [-0.15, -0.1) is 0 Å². The second-order valence-corrected chi connectivity index (χ2v) is 11.7. The molecule has 4 heterocycles. The number of hydrogen-bond donors (Lipinski definition) is 1. The normalized spacial score (nSPS) is 34.0. The number of aliphatic hydroxyl groups is 1. The number of carbonyl (C=O) groups is 3. The number of amides is 2. The van der Waals surface area contributed by atoms with E-state index in [2.05, 4.69) is 0 Å². The van der Waals surface area contributed by atoms with Gasteiger partial charge in [0.25, 0.3) is 0 Å². The lowest BCUT2D eigenvalue weighted by atomic mass is 9.73. The van der Waals surface area contributed by atoms with E-state index < -0.39 is 41.1 Å². The molecular formula is C31H40N2O6. The zero-order valence-electron chi connectivity index (χ0n) is 23.1. The van der Waals surface area contributed by atoms with Crippen LogP contribution in [0.1, 0.15) is 52.0 Å². The smallest absolute Gasteiger partial charge is 0.313 e. The average Bonchev–Trinajstić information content (AvgIpc) is 3.31. The first-order chi connectivity index (χ1) is 18.8. The summed E-state index contributed by atoms with van der Waals surface area (Å²) in [6.45, 7) is 6.70. The molecule has 6 atom stereocenters. The summed E-state index contributed by atoms with van der Waals surface area (Å²) in [7, 11) is 0. The van der Waals surface area contributed by atoms with Crippen LogP contribution in [0.3, 0.4) is 0 Å². The Morgan fingerprint density at radius 1 is 1.05 bits per heavy atom. The van der Waals surface area contributed by atoms with Gasteiger partial charge in [-0.2, -0.15) is 0 Å². The largest absolute Gasteiger partial charge is 0.465 e. The molecular weight excluding hydrogens is 496 g/mol. The Balaban J connectivity index is 1.65. The number of hydrogen-bond acceptors (Lipinski definition) is 6. The quantitative estimate of drug-likeness (QED) is 0.425. The highest BCUT2D eigenvalue weighted by Crippen LogP contribution is 2.58. The molecule has 5 rings (SSSR count). The van der Waals surface area contributed by atoms with Gasteiger partial charge < -0.3 is 24.4 Å². The van der Waals surface area contributed by atoms with E-state index >= 15 is 0 Å². The summed E-state index contributed by atoms with van der Waals surface area (Å²) in [6.07, 6.45) is 10.1. The molecule has 1 spiro atoms. The molecule has 2 amide bonds. The number of esters is 1. The zero-order valence-corrected chi connectivity index (χ0v) is 23.1. The van der Waals surface area contributed by atoms with Crippen LogP contribution in [-0.2, 0) is 30.4 Å². The minimum Gasteiger partial charge on any atom is -0.465 e. The summed E-state index contributed by atoms with van der Waals surface area (Å²) in [5.41, 5.74) is -1.45. The molecule has 210 valence electrons. The predicted octanol–water partition coefficient (Wildman–Crippen LogP) is 3.25. The number of likely N-dealkylation sites (tertiary alicyclic amines) is 1. The second kappa shape index (κ2) is 10.9. The van der Waals surface area contributed by atoms with Crippen molar-refractivity contribution in [3.63, 3.8) is 0 Å². The van der Waals surface area contributed by atoms with Crippen molar-refractivity contribution in [2.45, 2.75) is 76.3 Å². The van der Waals surface area contributed by atoms with Gasteiger partial charge in [0.1, 0.15) is 23.2 Å². The average molecular weight is 537 g/mol. The minimum atomic E-state index is -1.35. The van der Waals surface area contributed by atoms with Crippen LogP contribution < -0.4 is 0 Å². The van der Waals surface area contributed by atoms with Crippen LogP contribution in [0.5, 0.6) is 0 Å². The fraction of sp³-hybridized carbons (Fsp3) is 0.581. The van der Waals surface area contributed by atoms with Gasteiger partial charge in [0, 0.05) is 13.1 Å². The Labute approximate surface area is 230 Å². The van der Waals surface area contributed by atoms with Crippen molar-refractivity contribution in [1.82, 2.24) is 9.80 Å². The van der Waals surface area contributed by atoms with Gasteiger partial charge in [-0.05, 0) is 37.2 Å². The Morgan fingerprint density at radius 3 is 2.51 bits per heavy atom. The number of aliphatic hydroxyl groups excluding tert-OH is 1. The Kier molecular flexibility index (Phi) is 7.71. The van der Waals surface area contributed by atoms with Gasteiger partial charge in [0.05, 0.1) is 25.2 Å². The SMILES string of the molecule is CC[C@]12/C=C\CCCOC(=O)[C@H]1[C@H]1C(=O)N([C@@H](CO)CC(C)C)C3C(=O)N(Cc4ccccc4)CC=C[C@@]31O2. The van der Waals surface area contributed by atoms with Crippen molar-refractivity contribution in [1.29, 1.82) is 0 Å². The molecule has 0 saturated carbocycles. The highest BCUT2D eigenvalue weighted by molar-refractivity contribution is 5.99. The Morgan fingerprint density at radius 2 is 1.82 bits per heavy atom. The lowest BCUT2D eigenvalue weighted by molar-refractivity contribution is -0.163. The van der Waals surface area contributed by atoms with Crippen LogP contribution in [0.15, 0.2) is 54.6 Å². The summed E-state index contributed by atoms with van der Waals surface area (Å²) < 4.78 is 12.6. The number of nitrogens with zero attached hydrogens (tertiary/aromatic N) is 2. The molecule has 4 aliphatic rings. The third-order valence-electron chi connectivity index (χ3n) is 8.72.